The minimum atomic E-state index is 0.158. The van der Waals surface area contributed by atoms with Gasteiger partial charge in [0.25, 0.3) is 0 Å². The van der Waals surface area contributed by atoms with Gasteiger partial charge in [-0.3, -0.25) is 4.79 Å². The quantitative estimate of drug-likeness (QED) is 0.858. The molecule has 2 aromatic rings. The van der Waals surface area contributed by atoms with E-state index in [9.17, 15) is 4.79 Å². The Bertz CT molecular complexity index is 708. The van der Waals surface area contributed by atoms with E-state index in [1.54, 1.807) is 4.68 Å². The van der Waals surface area contributed by atoms with Crippen molar-refractivity contribution in [1.29, 1.82) is 0 Å². The predicted octanol–water partition coefficient (Wildman–Crippen LogP) is -0.0181. The molecule has 0 atom stereocenters. The van der Waals surface area contributed by atoms with Crippen LogP contribution in [0.2, 0.25) is 0 Å². The molecule has 22 heavy (non-hydrogen) atoms. The van der Waals surface area contributed by atoms with Crippen molar-refractivity contribution in [2.24, 2.45) is 0 Å². The Kier molecular flexibility index (Phi) is 3.30. The molecule has 2 aliphatic heterocycles. The average Bonchev–Trinajstić information content (AvgIpc) is 3.17. The van der Waals surface area contributed by atoms with Crippen molar-refractivity contribution in [2.75, 3.05) is 33.0 Å². The molecule has 0 spiro atoms. The number of carbonyl (C=O) groups is 1. The number of hydrogen-bond acceptors (Lipinski definition) is 6. The Hall–Kier alpha value is -2.35. The SMILES string of the molecule is O=C(CCn1nnc2cc3c(cc21)OCO3)N1CCNCC1. The zero-order valence-corrected chi connectivity index (χ0v) is 12.1. The van der Waals surface area contributed by atoms with Gasteiger partial charge < -0.3 is 19.7 Å². The number of benzene rings is 1. The zero-order chi connectivity index (χ0) is 14.9. The number of ether oxygens (including phenoxy) is 2. The molecule has 1 aromatic carbocycles. The summed E-state index contributed by atoms with van der Waals surface area (Å²) in [5.41, 5.74) is 1.61. The van der Waals surface area contributed by atoms with E-state index in [0.717, 1.165) is 37.2 Å². The van der Waals surface area contributed by atoms with E-state index in [2.05, 4.69) is 15.6 Å². The molecule has 116 valence electrons. The molecule has 0 radical (unpaired) electrons. The number of rotatable bonds is 3. The van der Waals surface area contributed by atoms with E-state index < -0.39 is 0 Å². The molecular formula is C14H17N5O3. The van der Waals surface area contributed by atoms with Crippen LogP contribution in [0.3, 0.4) is 0 Å². The van der Waals surface area contributed by atoms with Crippen LogP contribution in [0.1, 0.15) is 6.42 Å². The van der Waals surface area contributed by atoms with E-state index >= 15 is 0 Å². The molecule has 3 heterocycles. The molecule has 2 aliphatic rings. The summed E-state index contributed by atoms with van der Waals surface area (Å²) in [6, 6.07) is 3.69. The van der Waals surface area contributed by atoms with Gasteiger partial charge in [0.05, 0.1) is 12.1 Å². The summed E-state index contributed by atoms with van der Waals surface area (Å²) in [4.78, 5) is 14.1. The van der Waals surface area contributed by atoms with Crippen LogP contribution in [-0.4, -0.2) is 58.8 Å². The fourth-order valence-electron chi connectivity index (χ4n) is 2.80. The maximum atomic E-state index is 12.2. The van der Waals surface area contributed by atoms with Gasteiger partial charge in [-0.2, -0.15) is 0 Å². The van der Waals surface area contributed by atoms with Gasteiger partial charge in [0.2, 0.25) is 12.7 Å². The molecule has 0 bridgehead atoms. The Morgan fingerprint density at radius 1 is 1.23 bits per heavy atom. The maximum absolute atomic E-state index is 12.2. The van der Waals surface area contributed by atoms with Gasteiger partial charge in [0.1, 0.15) is 5.52 Å². The second-order valence-corrected chi connectivity index (χ2v) is 5.39. The number of aromatic nitrogens is 3. The number of amides is 1. The minimum Gasteiger partial charge on any atom is -0.454 e. The Morgan fingerprint density at radius 3 is 2.82 bits per heavy atom. The summed E-state index contributed by atoms with van der Waals surface area (Å²) in [6.45, 7) is 4.02. The number of hydrogen-bond donors (Lipinski definition) is 1. The molecule has 1 aromatic heterocycles. The van der Waals surface area contributed by atoms with E-state index in [0.29, 0.717) is 24.5 Å². The first kappa shape index (κ1) is 13.3. The lowest BCUT2D eigenvalue weighted by Crippen LogP contribution is -2.46. The first-order valence-corrected chi connectivity index (χ1v) is 7.42. The smallest absolute Gasteiger partial charge is 0.231 e. The summed E-state index contributed by atoms with van der Waals surface area (Å²) in [5, 5.41) is 11.5. The van der Waals surface area contributed by atoms with Crippen LogP contribution in [0.4, 0.5) is 0 Å². The minimum absolute atomic E-state index is 0.158. The molecule has 0 aliphatic carbocycles. The molecule has 1 saturated heterocycles. The summed E-state index contributed by atoms with van der Waals surface area (Å²) < 4.78 is 12.5. The molecule has 0 unspecified atom stereocenters. The number of carbonyl (C=O) groups excluding carboxylic acids is 1. The van der Waals surface area contributed by atoms with Crippen LogP contribution in [-0.2, 0) is 11.3 Å². The van der Waals surface area contributed by atoms with Crippen molar-refractivity contribution in [1.82, 2.24) is 25.2 Å². The van der Waals surface area contributed by atoms with Gasteiger partial charge in [-0.15, -0.1) is 5.10 Å². The van der Waals surface area contributed by atoms with Crippen LogP contribution in [0.15, 0.2) is 12.1 Å². The molecule has 8 heteroatoms. The molecule has 1 N–H and O–H groups in total. The van der Waals surface area contributed by atoms with Gasteiger partial charge in [0, 0.05) is 44.7 Å². The van der Waals surface area contributed by atoms with Gasteiger partial charge in [-0.1, -0.05) is 5.21 Å². The Morgan fingerprint density at radius 2 is 2.00 bits per heavy atom. The lowest BCUT2D eigenvalue weighted by molar-refractivity contribution is -0.132. The highest BCUT2D eigenvalue weighted by Gasteiger charge is 2.19. The fourth-order valence-corrected chi connectivity index (χ4v) is 2.80. The maximum Gasteiger partial charge on any atom is 0.231 e. The standard InChI is InChI=1S/C14H17N5O3/c20-14(18-5-2-15-3-6-18)1-4-19-11-8-13-12(21-9-22-13)7-10(11)16-17-19/h7-8,15H,1-6,9H2. The second-order valence-electron chi connectivity index (χ2n) is 5.39. The zero-order valence-electron chi connectivity index (χ0n) is 12.1. The molecule has 1 amide bonds. The van der Waals surface area contributed by atoms with Gasteiger partial charge in [0.15, 0.2) is 11.5 Å². The first-order chi connectivity index (χ1) is 10.8. The van der Waals surface area contributed by atoms with Gasteiger partial charge >= 0.3 is 0 Å². The molecule has 0 saturated carbocycles. The highest BCUT2D eigenvalue weighted by atomic mass is 16.7. The first-order valence-electron chi connectivity index (χ1n) is 7.42. The lowest BCUT2D eigenvalue weighted by Gasteiger charge is -2.27. The Balaban J connectivity index is 1.48. The number of nitrogens with one attached hydrogen (secondary N) is 1. The number of nitrogens with zero attached hydrogens (tertiary/aromatic N) is 4. The van der Waals surface area contributed by atoms with Gasteiger partial charge in [-0.05, 0) is 0 Å². The van der Waals surface area contributed by atoms with Crippen LogP contribution < -0.4 is 14.8 Å². The van der Waals surface area contributed by atoms with Crippen molar-refractivity contribution < 1.29 is 14.3 Å². The van der Waals surface area contributed by atoms with Crippen molar-refractivity contribution in [3.63, 3.8) is 0 Å². The van der Waals surface area contributed by atoms with Crippen LogP contribution in [0.5, 0.6) is 11.5 Å². The summed E-state index contributed by atoms with van der Waals surface area (Å²) >= 11 is 0. The average molecular weight is 303 g/mol. The van der Waals surface area contributed by atoms with Crippen molar-refractivity contribution in [3.05, 3.63) is 12.1 Å². The molecule has 1 fully saturated rings. The fraction of sp³-hybridized carbons (Fsp3) is 0.500. The normalized spacial score (nSPS) is 17.2. The van der Waals surface area contributed by atoms with E-state index in [1.807, 2.05) is 17.0 Å². The van der Waals surface area contributed by atoms with Crippen molar-refractivity contribution in [2.45, 2.75) is 13.0 Å². The van der Waals surface area contributed by atoms with Crippen molar-refractivity contribution in [3.8, 4) is 11.5 Å². The third-order valence-corrected chi connectivity index (χ3v) is 4.02. The lowest BCUT2D eigenvalue weighted by atomic mass is 10.2. The molecule has 8 nitrogen and oxygen atoms in total. The number of piperazine rings is 1. The predicted molar refractivity (Wildman–Crippen MR) is 77.7 cm³/mol. The summed E-state index contributed by atoms with van der Waals surface area (Å²) in [6.07, 6.45) is 0.424. The van der Waals surface area contributed by atoms with Crippen LogP contribution >= 0.6 is 0 Å². The third-order valence-electron chi connectivity index (χ3n) is 4.02. The van der Waals surface area contributed by atoms with Crippen LogP contribution in [0.25, 0.3) is 11.0 Å². The van der Waals surface area contributed by atoms with Gasteiger partial charge in [-0.25, -0.2) is 4.68 Å². The largest absolute Gasteiger partial charge is 0.454 e. The van der Waals surface area contributed by atoms with E-state index in [1.165, 1.54) is 0 Å². The topological polar surface area (TPSA) is 81.5 Å². The van der Waals surface area contributed by atoms with Crippen molar-refractivity contribution >= 4 is 16.9 Å². The number of fused-ring (bicyclic) bond motifs is 2. The molecular weight excluding hydrogens is 286 g/mol. The summed E-state index contributed by atoms with van der Waals surface area (Å²) in [7, 11) is 0. The monoisotopic (exact) mass is 303 g/mol. The van der Waals surface area contributed by atoms with Crippen LogP contribution in [0, 0.1) is 0 Å². The molecule has 4 rings (SSSR count). The number of aryl methyl sites for hydroxylation is 1. The second kappa shape index (κ2) is 5.45. The highest BCUT2D eigenvalue weighted by molar-refractivity contribution is 5.80. The Labute approximate surface area is 127 Å². The third kappa shape index (κ3) is 2.35. The van der Waals surface area contributed by atoms with E-state index in [4.69, 9.17) is 9.47 Å². The summed E-state index contributed by atoms with van der Waals surface area (Å²) in [5.74, 6) is 1.55. The van der Waals surface area contributed by atoms with E-state index in [-0.39, 0.29) is 12.7 Å². The highest BCUT2D eigenvalue weighted by Crippen LogP contribution is 2.35.